The van der Waals surface area contributed by atoms with E-state index in [0.717, 1.165) is 10.0 Å². The number of hydrogen-bond acceptors (Lipinski definition) is 4. The van der Waals surface area contributed by atoms with Crippen LogP contribution in [0.3, 0.4) is 0 Å². The van der Waals surface area contributed by atoms with Crippen LogP contribution < -0.4 is 5.32 Å². The van der Waals surface area contributed by atoms with E-state index in [1.54, 1.807) is 18.1 Å². The number of morpholine rings is 1. The van der Waals surface area contributed by atoms with Gasteiger partial charge < -0.3 is 19.7 Å². The number of carbonyl (C=O) groups excluding carboxylic acids is 2. The third-order valence-electron chi connectivity index (χ3n) is 3.69. The smallest absolute Gasteiger partial charge is 0.251 e. The summed E-state index contributed by atoms with van der Waals surface area (Å²) in [6.07, 6.45) is -0.204. The minimum Gasteiger partial charge on any atom is -0.383 e. The maximum atomic E-state index is 12.2. The monoisotopic (exact) mass is 384 g/mol. The largest absolute Gasteiger partial charge is 0.383 e. The highest BCUT2D eigenvalue weighted by Crippen LogP contribution is 2.17. The Morgan fingerprint density at radius 3 is 3.00 bits per heavy atom. The SMILES string of the molecule is COCCN1CC(CNC(=O)c2ccc(Br)c(C)c2)OCC1=O. The summed E-state index contributed by atoms with van der Waals surface area (Å²) in [6, 6.07) is 5.45. The number of ether oxygens (including phenoxy) is 2. The van der Waals surface area contributed by atoms with Gasteiger partial charge in [-0.3, -0.25) is 9.59 Å². The maximum Gasteiger partial charge on any atom is 0.251 e. The number of carbonyl (C=O) groups is 2. The molecule has 0 radical (unpaired) electrons. The lowest BCUT2D eigenvalue weighted by Crippen LogP contribution is -2.51. The molecular weight excluding hydrogens is 364 g/mol. The molecule has 1 aliphatic heterocycles. The Labute approximate surface area is 144 Å². The van der Waals surface area contributed by atoms with E-state index < -0.39 is 0 Å². The van der Waals surface area contributed by atoms with Crippen LogP contribution in [-0.2, 0) is 14.3 Å². The zero-order valence-corrected chi connectivity index (χ0v) is 14.9. The molecule has 2 rings (SSSR count). The molecule has 6 nitrogen and oxygen atoms in total. The van der Waals surface area contributed by atoms with Gasteiger partial charge in [-0.15, -0.1) is 0 Å². The first-order chi connectivity index (χ1) is 11.0. The van der Waals surface area contributed by atoms with Crippen molar-refractivity contribution in [2.75, 3.05) is 40.0 Å². The first-order valence-electron chi connectivity index (χ1n) is 7.44. The first kappa shape index (κ1) is 17.9. The predicted molar refractivity (Wildman–Crippen MR) is 89.4 cm³/mol. The molecule has 126 valence electrons. The van der Waals surface area contributed by atoms with E-state index in [9.17, 15) is 9.59 Å². The second kappa shape index (κ2) is 8.42. The summed E-state index contributed by atoms with van der Waals surface area (Å²) in [6.45, 7) is 3.83. The number of amides is 2. The van der Waals surface area contributed by atoms with Crippen molar-refractivity contribution in [3.05, 3.63) is 33.8 Å². The molecule has 1 N–H and O–H groups in total. The highest BCUT2D eigenvalue weighted by atomic mass is 79.9. The predicted octanol–water partition coefficient (Wildman–Crippen LogP) is 1.36. The number of methoxy groups -OCH3 is 1. The van der Waals surface area contributed by atoms with Crippen LogP contribution in [0.5, 0.6) is 0 Å². The average Bonchev–Trinajstić information content (AvgIpc) is 2.55. The summed E-state index contributed by atoms with van der Waals surface area (Å²) in [7, 11) is 1.60. The van der Waals surface area contributed by atoms with Gasteiger partial charge in [0.25, 0.3) is 5.91 Å². The van der Waals surface area contributed by atoms with Crippen LogP contribution in [0.2, 0.25) is 0 Å². The van der Waals surface area contributed by atoms with E-state index in [2.05, 4.69) is 21.2 Å². The number of halogens is 1. The maximum absolute atomic E-state index is 12.2. The Bertz CT molecular complexity index is 579. The molecule has 1 aromatic rings. The van der Waals surface area contributed by atoms with Crippen LogP contribution in [0, 0.1) is 6.92 Å². The van der Waals surface area contributed by atoms with Crippen LogP contribution in [-0.4, -0.2) is 62.8 Å². The summed E-state index contributed by atoms with van der Waals surface area (Å²) in [5, 5.41) is 2.86. The molecule has 0 spiro atoms. The van der Waals surface area contributed by atoms with Gasteiger partial charge in [-0.05, 0) is 30.7 Å². The van der Waals surface area contributed by atoms with Gasteiger partial charge in [-0.2, -0.15) is 0 Å². The number of hydrogen-bond donors (Lipinski definition) is 1. The molecule has 7 heteroatoms. The Morgan fingerprint density at radius 1 is 1.52 bits per heavy atom. The molecule has 23 heavy (non-hydrogen) atoms. The van der Waals surface area contributed by atoms with Gasteiger partial charge in [0, 0.05) is 36.8 Å². The van der Waals surface area contributed by atoms with E-state index in [0.29, 0.717) is 31.8 Å². The highest BCUT2D eigenvalue weighted by molar-refractivity contribution is 9.10. The van der Waals surface area contributed by atoms with Crippen molar-refractivity contribution in [3.63, 3.8) is 0 Å². The van der Waals surface area contributed by atoms with E-state index in [1.807, 2.05) is 19.1 Å². The zero-order chi connectivity index (χ0) is 16.8. The van der Waals surface area contributed by atoms with Gasteiger partial charge in [-0.1, -0.05) is 15.9 Å². The third-order valence-corrected chi connectivity index (χ3v) is 4.58. The number of rotatable bonds is 6. The Morgan fingerprint density at radius 2 is 2.30 bits per heavy atom. The molecule has 1 aromatic carbocycles. The highest BCUT2D eigenvalue weighted by Gasteiger charge is 2.26. The molecule has 0 saturated carbocycles. The van der Waals surface area contributed by atoms with Gasteiger partial charge >= 0.3 is 0 Å². The van der Waals surface area contributed by atoms with Crippen molar-refractivity contribution in [2.24, 2.45) is 0 Å². The summed E-state index contributed by atoms with van der Waals surface area (Å²) in [4.78, 5) is 25.6. The molecule has 1 fully saturated rings. The fourth-order valence-corrected chi connectivity index (χ4v) is 2.56. The molecule has 1 aliphatic rings. The fourth-order valence-electron chi connectivity index (χ4n) is 2.32. The lowest BCUT2D eigenvalue weighted by molar-refractivity contribution is -0.149. The molecule has 1 atom stereocenters. The van der Waals surface area contributed by atoms with Gasteiger partial charge in [0.15, 0.2) is 0 Å². The van der Waals surface area contributed by atoms with E-state index in [1.165, 1.54) is 0 Å². The Hall–Kier alpha value is -1.44. The number of nitrogens with zero attached hydrogens (tertiary/aromatic N) is 1. The molecule has 0 bridgehead atoms. The van der Waals surface area contributed by atoms with Gasteiger partial charge in [0.2, 0.25) is 5.91 Å². The van der Waals surface area contributed by atoms with Gasteiger partial charge in [0.05, 0.1) is 12.7 Å². The van der Waals surface area contributed by atoms with Crippen LogP contribution in [0.25, 0.3) is 0 Å². The minimum atomic E-state index is -0.204. The van der Waals surface area contributed by atoms with Crippen LogP contribution in [0.4, 0.5) is 0 Å². The normalized spacial score (nSPS) is 18.1. The Balaban J connectivity index is 1.86. The molecule has 1 saturated heterocycles. The van der Waals surface area contributed by atoms with E-state index in [4.69, 9.17) is 9.47 Å². The number of aryl methyl sites for hydroxylation is 1. The summed E-state index contributed by atoms with van der Waals surface area (Å²) in [5.41, 5.74) is 1.61. The molecule has 2 amide bonds. The molecule has 0 aliphatic carbocycles. The lowest BCUT2D eigenvalue weighted by Gasteiger charge is -2.32. The van der Waals surface area contributed by atoms with Crippen molar-refractivity contribution in [3.8, 4) is 0 Å². The Kier molecular flexibility index (Phi) is 6.56. The van der Waals surface area contributed by atoms with Gasteiger partial charge in [0.1, 0.15) is 6.61 Å². The van der Waals surface area contributed by atoms with Crippen LogP contribution >= 0.6 is 15.9 Å². The number of nitrogens with one attached hydrogen (secondary N) is 1. The van der Waals surface area contributed by atoms with Crippen molar-refractivity contribution >= 4 is 27.7 Å². The second-order valence-corrected chi connectivity index (χ2v) is 6.29. The van der Waals surface area contributed by atoms with Crippen molar-refractivity contribution in [2.45, 2.75) is 13.0 Å². The minimum absolute atomic E-state index is 0.0433. The standard InChI is InChI=1S/C16H21BrN2O4/c1-11-7-12(3-4-14(11)17)16(21)18-8-13-9-19(5-6-22-2)15(20)10-23-13/h3-4,7,13H,5-6,8-10H2,1-2H3,(H,18,21). The zero-order valence-electron chi connectivity index (χ0n) is 13.3. The summed E-state index contributed by atoms with van der Waals surface area (Å²) < 4.78 is 11.4. The van der Waals surface area contributed by atoms with Crippen LogP contribution in [0.1, 0.15) is 15.9 Å². The fraction of sp³-hybridized carbons (Fsp3) is 0.500. The van der Waals surface area contributed by atoms with Crippen molar-refractivity contribution < 1.29 is 19.1 Å². The first-order valence-corrected chi connectivity index (χ1v) is 8.23. The van der Waals surface area contributed by atoms with Gasteiger partial charge in [-0.25, -0.2) is 0 Å². The third kappa shape index (κ3) is 5.02. The molecular formula is C16H21BrN2O4. The lowest BCUT2D eigenvalue weighted by atomic mass is 10.1. The summed E-state index contributed by atoms with van der Waals surface area (Å²) in [5.74, 6) is -0.197. The van der Waals surface area contributed by atoms with Crippen molar-refractivity contribution in [1.29, 1.82) is 0 Å². The number of benzene rings is 1. The molecule has 1 unspecified atom stereocenters. The van der Waals surface area contributed by atoms with E-state index in [-0.39, 0.29) is 24.5 Å². The second-order valence-electron chi connectivity index (χ2n) is 5.44. The van der Waals surface area contributed by atoms with E-state index >= 15 is 0 Å². The quantitative estimate of drug-likeness (QED) is 0.803. The average molecular weight is 385 g/mol. The summed E-state index contributed by atoms with van der Waals surface area (Å²) >= 11 is 3.41. The topological polar surface area (TPSA) is 67.9 Å². The van der Waals surface area contributed by atoms with Crippen molar-refractivity contribution in [1.82, 2.24) is 10.2 Å². The molecule has 1 heterocycles. The van der Waals surface area contributed by atoms with Crippen LogP contribution in [0.15, 0.2) is 22.7 Å². The molecule has 0 aromatic heterocycles.